The third-order valence-electron chi connectivity index (χ3n) is 5.45. The molecule has 2 amide bonds. The molecule has 0 spiro atoms. The lowest BCUT2D eigenvalue weighted by Crippen LogP contribution is -2.53. The largest absolute Gasteiger partial charge is 0.352 e. The van der Waals surface area contributed by atoms with E-state index in [1.165, 1.54) is 47.4 Å². The van der Waals surface area contributed by atoms with Crippen LogP contribution < -0.4 is 9.62 Å². The number of nitrogens with zero attached hydrogens (tertiary/aromatic N) is 2. The summed E-state index contributed by atoms with van der Waals surface area (Å²) in [6.45, 7) is 4.72. The van der Waals surface area contributed by atoms with Crippen LogP contribution in [0.4, 0.5) is 14.5 Å². The summed E-state index contributed by atoms with van der Waals surface area (Å²) in [4.78, 5) is 27.7. The van der Waals surface area contributed by atoms with Crippen LogP contribution >= 0.6 is 0 Å². The van der Waals surface area contributed by atoms with Gasteiger partial charge in [-0.15, -0.1) is 0 Å². The number of hydrogen-bond acceptors (Lipinski definition) is 4. The summed E-state index contributed by atoms with van der Waals surface area (Å²) in [6, 6.07) is 9.65. The number of rotatable bonds is 11. The van der Waals surface area contributed by atoms with Crippen LogP contribution in [0.1, 0.15) is 39.2 Å². The molecule has 10 heteroatoms. The van der Waals surface area contributed by atoms with Crippen molar-refractivity contribution in [3.05, 3.63) is 65.7 Å². The van der Waals surface area contributed by atoms with Crippen LogP contribution in [0.2, 0.25) is 0 Å². The van der Waals surface area contributed by atoms with Crippen LogP contribution in [0, 0.1) is 11.6 Å². The maximum absolute atomic E-state index is 14.4. The summed E-state index contributed by atoms with van der Waals surface area (Å²) >= 11 is 0. The number of anilines is 1. The molecule has 2 aromatic carbocycles. The van der Waals surface area contributed by atoms with E-state index in [0.29, 0.717) is 16.3 Å². The molecule has 0 heterocycles. The van der Waals surface area contributed by atoms with E-state index in [2.05, 4.69) is 5.32 Å². The number of carbonyl (C=O) groups is 2. The first-order chi connectivity index (χ1) is 16.0. The van der Waals surface area contributed by atoms with Crippen LogP contribution in [0.3, 0.4) is 0 Å². The first-order valence-electron chi connectivity index (χ1n) is 11.0. The normalized spacial score (nSPS) is 13.1. The molecular formula is C24H31F2N3O4S. The van der Waals surface area contributed by atoms with Gasteiger partial charge in [-0.25, -0.2) is 17.2 Å². The van der Waals surface area contributed by atoms with Crippen molar-refractivity contribution in [3.63, 3.8) is 0 Å². The number of benzene rings is 2. The van der Waals surface area contributed by atoms with Gasteiger partial charge in [-0.05, 0) is 49.6 Å². The van der Waals surface area contributed by atoms with Gasteiger partial charge in [0.05, 0.1) is 11.9 Å². The summed E-state index contributed by atoms with van der Waals surface area (Å²) in [5.74, 6) is -2.33. The number of carbonyl (C=O) groups excluding carboxylic acids is 2. The highest BCUT2D eigenvalue weighted by Crippen LogP contribution is 2.22. The van der Waals surface area contributed by atoms with Gasteiger partial charge in [0.15, 0.2) is 0 Å². The van der Waals surface area contributed by atoms with Crippen LogP contribution in [0.25, 0.3) is 0 Å². The molecular weight excluding hydrogens is 464 g/mol. The van der Waals surface area contributed by atoms with E-state index in [9.17, 15) is 26.8 Å². The first-order valence-corrected chi connectivity index (χ1v) is 12.9. The molecule has 1 N–H and O–H groups in total. The van der Waals surface area contributed by atoms with E-state index in [-0.39, 0.29) is 30.6 Å². The number of para-hydroxylation sites is 1. The Labute approximate surface area is 199 Å². The molecule has 7 nitrogen and oxygen atoms in total. The van der Waals surface area contributed by atoms with Crippen molar-refractivity contribution in [1.29, 1.82) is 0 Å². The van der Waals surface area contributed by atoms with Gasteiger partial charge in [-0.3, -0.25) is 13.9 Å². The fourth-order valence-electron chi connectivity index (χ4n) is 3.40. The van der Waals surface area contributed by atoms with Crippen LogP contribution in [-0.4, -0.2) is 50.0 Å². The lowest BCUT2D eigenvalue weighted by atomic mass is 10.1. The zero-order valence-electron chi connectivity index (χ0n) is 19.8. The van der Waals surface area contributed by atoms with E-state index in [1.807, 2.05) is 13.8 Å². The van der Waals surface area contributed by atoms with Crippen molar-refractivity contribution >= 4 is 27.5 Å². The van der Waals surface area contributed by atoms with Gasteiger partial charge >= 0.3 is 0 Å². The molecule has 0 aliphatic heterocycles. The molecule has 2 atom stereocenters. The quantitative estimate of drug-likeness (QED) is 0.517. The van der Waals surface area contributed by atoms with Crippen LogP contribution in [-0.2, 0) is 26.2 Å². The standard InChI is InChI=1S/C24H31F2N3O4S/c1-5-17(3)27-24(31)21(6-2)28(15-18-11-13-19(25)14-12-18)23(30)16-29(34(4,32)33)22-10-8-7-9-20(22)26/h7-14,17,21H,5-6,15-16H2,1-4H3,(H,27,31). The highest BCUT2D eigenvalue weighted by molar-refractivity contribution is 7.92. The van der Waals surface area contributed by atoms with Gasteiger partial charge in [-0.1, -0.05) is 38.1 Å². The molecule has 0 aromatic heterocycles. The minimum atomic E-state index is -4.03. The van der Waals surface area contributed by atoms with Gasteiger partial charge in [0, 0.05) is 12.6 Å². The molecule has 0 radical (unpaired) electrons. The lowest BCUT2D eigenvalue weighted by Gasteiger charge is -2.33. The fourth-order valence-corrected chi connectivity index (χ4v) is 4.25. The highest BCUT2D eigenvalue weighted by Gasteiger charge is 2.32. The molecule has 0 saturated heterocycles. The highest BCUT2D eigenvalue weighted by atomic mass is 32.2. The van der Waals surface area contributed by atoms with Crippen LogP contribution in [0.5, 0.6) is 0 Å². The molecule has 0 saturated carbocycles. The van der Waals surface area contributed by atoms with Gasteiger partial charge < -0.3 is 10.2 Å². The number of halogens is 2. The van der Waals surface area contributed by atoms with Gasteiger partial charge in [0.1, 0.15) is 24.2 Å². The Hall–Kier alpha value is -3.01. The summed E-state index contributed by atoms with van der Waals surface area (Å²) in [6.07, 6.45) is 1.82. The average Bonchev–Trinajstić information content (AvgIpc) is 2.78. The number of amides is 2. The van der Waals surface area contributed by atoms with E-state index in [0.717, 1.165) is 12.3 Å². The molecule has 34 heavy (non-hydrogen) atoms. The SMILES string of the molecule is CCC(C)NC(=O)C(CC)N(Cc1ccc(F)cc1)C(=O)CN(c1ccccc1F)S(C)(=O)=O. The second kappa shape index (κ2) is 11.9. The first kappa shape index (κ1) is 27.2. The molecule has 2 unspecified atom stereocenters. The van der Waals surface area contributed by atoms with E-state index >= 15 is 0 Å². The monoisotopic (exact) mass is 495 g/mol. The lowest BCUT2D eigenvalue weighted by molar-refractivity contribution is -0.140. The maximum Gasteiger partial charge on any atom is 0.244 e. The smallest absolute Gasteiger partial charge is 0.244 e. The number of nitrogens with one attached hydrogen (secondary N) is 1. The van der Waals surface area contributed by atoms with Crippen LogP contribution in [0.15, 0.2) is 48.5 Å². The molecule has 0 aliphatic carbocycles. The Bertz CT molecular complexity index is 1090. The van der Waals surface area contributed by atoms with Gasteiger partial charge in [-0.2, -0.15) is 0 Å². The van der Waals surface area contributed by atoms with E-state index < -0.39 is 40.2 Å². The Morgan fingerprint density at radius 1 is 1.00 bits per heavy atom. The second-order valence-electron chi connectivity index (χ2n) is 8.11. The van der Waals surface area contributed by atoms with Gasteiger partial charge in [0.2, 0.25) is 21.8 Å². The summed E-state index contributed by atoms with van der Waals surface area (Å²) in [7, 11) is -4.03. The molecule has 2 aromatic rings. The van der Waals surface area contributed by atoms with Crippen molar-refractivity contribution in [2.45, 2.75) is 52.2 Å². The molecule has 2 rings (SSSR count). The van der Waals surface area contributed by atoms with Crippen molar-refractivity contribution < 1.29 is 26.8 Å². The average molecular weight is 496 g/mol. The van der Waals surface area contributed by atoms with Crippen molar-refractivity contribution in [1.82, 2.24) is 10.2 Å². The topological polar surface area (TPSA) is 86.8 Å². The Morgan fingerprint density at radius 2 is 1.62 bits per heavy atom. The molecule has 0 bridgehead atoms. The fraction of sp³-hybridized carbons (Fsp3) is 0.417. The third-order valence-corrected chi connectivity index (χ3v) is 6.58. The maximum atomic E-state index is 14.4. The zero-order chi connectivity index (χ0) is 25.5. The number of sulfonamides is 1. The summed E-state index contributed by atoms with van der Waals surface area (Å²) in [5, 5.41) is 2.85. The molecule has 0 aliphatic rings. The Balaban J connectivity index is 2.44. The third kappa shape index (κ3) is 7.24. The minimum Gasteiger partial charge on any atom is -0.352 e. The Morgan fingerprint density at radius 3 is 2.15 bits per heavy atom. The molecule has 186 valence electrons. The predicted octanol–water partition coefficient (Wildman–Crippen LogP) is 3.45. The van der Waals surface area contributed by atoms with Gasteiger partial charge in [0.25, 0.3) is 0 Å². The Kier molecular flexibility index (Phi) is 9.55. The van der Waals surface area contributed by atoms with E-state index in [4.69, 9.17) is 0 Å². The summed E-state index contributed by atoms with van der Waals surface area (Å²) < 4.78 is 53.4. The zero-order valence-corrected chi connectivity index (χ0v) is 20.6. The number of hydrogen-bond donors (Lipinski definition) is 1. The second-order valence-corrected chi connectivity index (χ2v) is 10.0. The van der Waals surface area contributed by atoms with Crippen molar-refractivity contribution in [2.75, 3.05) is 17.1 Å². The summed E-state index contributed by atoms with van der Waals surface area (Å²) in [5.41, 5.74) is 0.290. The van der Waals surface area contributed by atoms with Crippen molar-refractivity contribution in [3.8, 4) is 0 Å². The molecule has 0 fully saturated rings. The minimum absolute atomic E-state index is 0.0551. The predicted molar refractivity (Wildman–Crippen MR) is 128 cm³/mol. The van der Waals surface area contributed by atoms with E-state index in [1.54, 1.807) is 6.92 Å². The van der Waals surface area contributed by atoms with Crippen molar-refractivity contribution in [2.24, 2.45) is 0 Å².